The summed E-state index contributed by atoms with van der Waals surface area (Å²) in [6, 6.07) is 0. The predicted octanol–water partition coefficient (Wildman–Crippen LogP) is 0.0654. The molecule has 0 aliphatic carbocycles. The van der Waals surface area contributed by atoms with Crippen LogP contribution in [0.15, 0.2) is 0 Å². The molecule has 6 nitrogen and oxygen atoms in total. The molecule has 0 fully saturated rings. The van der Waals surface area contributed by atoms with E-state index in [2.05, 4.69) is 5.10 Å². The first kappa shape index (κ1) is 13.2. The topological polar surface area (TPSA) is 58.4 Å². The van der Waals surface area contributed by atoms with E-state index in [1.165, 1.54) is 4.90 Å². The molecule has 0 N–H and O–H groups in total. The van der Waals surface area contributed by atoms with Crippen LogP contribution < -0.4 is 4.90 Å². The fraction of sp³-hybridized carbons (Fsp3) is 0.545. The molecule has 17 heavy (non-hydrogen) atoms. The van der Waals surface area contributed by atoms with Crippen LogP contribution in [0.4, 0.5) is 5.82 Å². The van der Waals surface area contributed by atoms with Gasteiger partial charge < -0.3 is 9.80 Å². The summed E-state index contributed by atoms with van der Waals surface area (Å²) < 4.78 is 1.61. The van der Waals surface area contributed by atoms with Gasteiger partial charge in [0.25, 0.3) is 0 Å². The normalized spacial score (nSPS) is 10.2. The van der Waals surface area contributed by atoms with Gasteiger partial charge in [0.15, 0.2) is 6.29 Å². The number of hydrogen-bond acceptors (Lipinski definition) is 4. The van der Waals surface area contributed by atoms with Gasteiger partial charge in [-0.1, -0.05) is 0 Å². The van der Waals surface area contributed by atoms with Crippen molar-refractivity contribution in [2.75, 3.05) is 32.6 Å². The molecule has 0 aromatic carbocycles. The molecule has 0 spiro atoms. The van der Waals surface area contributed by atoms with Gasteiger partial charge in [-0.2, -0.15) is 5.10 Å². The summed E-state index contributed by atoms with van der Waals surface area (Å²) in [5, 5.41) is 4.17. The molecule has 0 aliphatic rings. The number of carbonyl (C=O) groups excluding carboxylic acids is 2. The third-order valence-corrected chi connectivity index (χ3v) is 2.59. The highest BCUT2D eigenvalue weighted by molar-refractivity contribution is 5.87. The van der Waals surface area contributed by atoms with E-state index in [1.807, 2.05) is 0 Å². The zero-order valence-electron chi connectivity index (χ0n) is 10.9. The van der Waals surface area contributed by atoms with Crippen LogP contribution >= 0.6 is 0 Å². The number of amides is 1. The van der Waals surface area contributed by atoms with Gasteiger partial charge in [-0.25, -0.2) is 0 Å². The monoisotopic (exact) mass is 238 g/mol. The maximum atomic E-state index is 11.6. The van der Waals surface area contributed by atoms with Crippen LogP contribution in [0.5, 0.6) is 0 Å². The molecule has 1 heterocycles. The Morgan fingerprint density at radius 1 is 1.41 bits per heavy atom. The van der Waals surface area contributed by atoms with Gasteiger partial charge in [-0.3, -0.25) is 14.3 Å². The largest absolute Gasteiger partial charge is 0.350 e. The van der Waals surface area contributed by atoms with Crippen LogP contribution in [0.25, 0.3) is 0 Å². The van der Waals surface area contributed by atoms with Crippen molar-refractivity contribution in [1.82, 2.24) is 14.7 Å². The summed E-state index contributed by atoms with van der Waals surface area (Å²) >= 11 is 0. The van der Waals surface area contributed by atoms with Gasteiger partial charge in [0, 0.05) is 28.2 Å². The summed E-state index contributed by atoms with van der Waals surface area (Å²) in [4.78, 5) is 25.9. The molecule has 94 valence electrons. The predicted molar refractivity (Wildman–Crippen MR) is 65.3 cm³/mol. The fourth-order valence-corrected chi connectivity index (χ4v) is 1.67. The number of nitrogens with zero attached hydrogens (tertiary/aromatic N) is 4. The van der Waals surface area contributed by atoms with Crippen molar-refractivity contribution in [2.24, 2.45) is 7.05 Å². The molecule has 0 radical (unpaired) electrons. The molecular formula is C11H18N4O2. The number of aldehydes is 1. The molecule has 0 saturated carbocycles. The number of anilines is 1. The van der Waals surface area contributed by atoms with Crippen LogP contribution in [0.2, 0.25) is 0 Å². The molecule has 1 rings (SSSR count). The minimum absolute atomic E-state index is 0.0248. The average Bonchev–Trinajstić information content (AvgIpc) is 2.52. The van der Waals surface area contributed by atoms with Gasteiger partial charge in [-0.05, 0) is 6.92 Å². The second-order valence-corrected chi connectivity index (χ2v) is 4.21. The van der Waals surface area contributed by atoms with Crippen molar-refractivity contribution < 1.29 is 9.59 Å². The van der Waals surface area contributed by atoms with E-state index in [0.29, 0.717) is 17.1 Å². The highest BCUT2D eigenvalue weighted by Crippen LogP contribution is 2.19. The van der Waals surface area contributed by atoms with Crippen molar-refractivity contribution >= 4 is 18.0 Å². The molecule has 0 bridgehead atoms. The maximum absolute atomic E-state index is 11.6. The highest BCUT2D eigenvalue weighted by atomic mass is 16.2. The lowest BCUT2D eigenvalue weighted by Gasteiger charge is -2.21. The summed E-state index contributed by atoms with van der Waals surface area (Å²) in [6.45, 7) is 1.99. The van der Waals surface area contributed by atoms with Crippen molar-refractivity contribution in [2.45, 2.75) is 6.92 Å². The van der Waals surface area contributed by atoms with Crippen LogP contribution in [0.3, 0.4) is 0 Å². The summed E-state index contributed by atoms with van der Waals surface area (Å²) in [5.41, 5.74) is 1.20. The summed E-state index contributed by atoms with van der Waals surface area (Å²) in [6.07, 6.45) is 0.772. The Labute approximate surface area is 101 Å². The van der Waals surface area contributed by atoms with E-state index >= 15 is 0 Å². The number of aryl methyl sites for hydroxylation is 2. The van der Waals surface area contributed by atoms with Crippen molar-refractivity contribution in [3.05, 3.63) is 11.3 Å². The molecule has 6 heteroatoms. The van der Waals surface area contributed by atoms with Gasteiger partial charge in [-0.15, -0.1) is 0 Å². The SMILES string of the molecule is Cc1nn(C)c(N(C)CC(=O)N(C)C)c1C=O. The Balaban J connectivity index is 3.00. The quantitative estimate of drug-likeness (QED) is 0.696. The lowest BCUT2D eigenvalue weighted by Crippen LogP contribution is -2.35. The lowest BCUT2D eigenvalue weighted by atomic mass is 10.2. The van der Waals surface area contributed by atoms with Crippen LogP contribution in [0.1, 0.15) is 16.1 Å². The molecule has 0 atom stereocenters. The van der Waals surface area contributed by atoms with Gasteiger partial charge in [0.05, 0.1) is 17.8 Å². The van der Waals surface area contributed by atoms with E-state index < -0.39 is 0 Å². The molecule has 0 saturated heterocycles. The molecule has 0 aliphatic heterocycles. The molecule has 0 unspecified atom stereocenters. The first-order valence-electron chi connectivity index (χ1n) is 5.28. The van der Waals surface area contributed by atoms with Gasteiger partial charge >= 0.3 is 0 Å². The number of rotatable bonds is 4. The zero-order valence-corrected chi connectivity index (χ0v) is 10.9. The van der Waals surface area contributed by atoms with Gasteiger partial charge in [0.1, 0.15) is 5.82 Å². The first-order chi connectivity index (χ1) is 7.88. The smallest absolute Gasteiger partial charge is 0.241 e. The Kier molecular flexibility index (Phi) is 3.88. The fourth-order valence-electron chi connectivity index (χ4n) is 1.67. The molecule has 1 aromatic heterocycles. The molecule has 1 amide bonds. The number of hydrogen-bond donors (Lipinski definition) is 0. The van der Waals surface area contributed by atoms with Crippen LogP contribution in [-0.4, -0.2) is 54.6 Å². The number of aromatic nitrogens is 2. The van der Waals surface area contributed by atoms with Crippen molar-refractivity contribution in [1.29, 1.82) is 0 Å². The Hall–Kier alpha value is -1.85. The molecular weight excluding hydrogens is 220 g/mol. The van der Waals surface area contributed by atoms with Crippen molar-refractivity contribution in [3.8, 4) is 0 Å². The number of likely N-dealkylation sites (N-methyl/N-ethyl adjacent to an activating group) is 2. The van der Waals surface area contributed by atoms with Crippen molar-refractivity contribution in [3.63, 3.8) is 0 Å². The Morgan fingerprint density at radius 3 is 2.47 bits per heavy atom. The zero-order chi connectivity index (χ0) is 13.2. The Bertz CT molecular complexity index is 437. The second-order valence-electron chi connectivity index (χ2n) is 4.21. The van der Waals surface area contributed by atoms with E-state index in [1.54, 1.807) is 44.7 Å². The maximum Gasteiger partial charge on any atom is 0.241 e. The summed E-state index contributed by atoms with van der Waals surface area (Å²) in [7, 11) is 6.92. The van der Waals surface area contributed by atoms with Gasteiger partial charge in [0.2, 0.25) is 5.91 Å². The van der Waals surface area contributed by atoms with E-state index in [9.17, 15) is 9.59 Å². The highest BCUT2D eigenvalue weighted by Gasteiger charge is 2.18. The number of carbonyl (C=O) groups is 2. The van der Waals surface area contributed by atoms with E-state index in [4.69, 9.17) is 0 Å². The van der Waals surface area contributed by atoms with E-state index in [-0.39, 0.29) is 12.5 Å². The third kappa shape index (κ3) is 2.64. The second kappa shape index (κ2) is 4.99. The first-order valence-corrected chi connectivity index (χ1v) is 5.28. The summed E-state index contributed by atoms with van der Waals surface area (Å²) in [5.74, 6) is 0.635. The lowest BCUT2D eigenvalue weighted by molar-refractivity contribution is -0.127. The minimum Gasteiger partial charge on any atom is -0.350 e. The van der Waals surface area contributed by atoms with Crippen LogP contribution in [0, 0.1) is 6.92 Å². The minimum atomic E-state index is -0.0248. The van der Waals surface area contributed by atoms with E-state index in [0.717, 1.165) is 6.29 Å². The van der Waals surface area contributed by atoms with Crippen LogP contribution in [-0.2, 0) is 11.8 Å². The average molecular weight is 238 g/mol. The standard InChI is InChI=1S/C11H18N4O2/c1-8-9(7-16)11(15(5)12-8)14(4)6-10(17)13(2)3/h7H,6H2,1-5H3. The third-order valence-electron chi connectivity index (χ3n) is 2.59. The Morgan fingerprint density at radius 2 is 2.00 bits per heavy atom. The molecule has 1 aromatic rings.